The van der Waals surface area contributed by atoms with Crippen LogP contribution in [0.5, 0.6) is 0 Å². The fraction of sp³-hybridized carbons (Fsp3) is 0.500. The minimum absolute atomic E-state index is 0.0801. The molecule has 1 saturated carbocycles. The molecular weight excluding hydrogens is 231 g/mol. The maximum absolute atomic E-state index is 13.1. The van der Waals surface area contributed by atoms with Crippen molar-refractivity contribution in [3.63, 3.8) is 0 Å². The topological polar surface area (TPSA) is 46.3 Å². The molecule has 0 atom stereocenters. The number of hydrogen-bond donors (Lipinski definition) is 1. The molecule has 0 radical (unpaired) electrons. The number of carbonyl (C=O) groups excluding carboxylic acids is 1. The fourth-order valence-corrected chi connectivity index (χ4v) is 2.08. The highest BCUT2D eigenvalue weighted by Crippen LogP contribution is 2.27. The molecule has 0 unspecified atom stereocenters. The van der Waals surface area contributed by atoms with E-state index in [4.69, 9.17) is 5.73 Å². The Labute approximate surface area is 107 Å². The number of halogens is 1. The van der Waals surface area contributed by atoms with Crippen LogP contribution in [0.3, 0.4) is 0 Å². The number of nitrogens with zero attached hydrogens (tertiary/aromatic N) is 1. The average molecular weight is 250 g/mol. The summed E-state index contributed by atoms with van der Waals surface area (Å²) < 4.78 is 13.1. The predicted molar refractivity (Wildman–Crippen MR) is 68.5 cm³/mol. The van der Waals surface area contributed by atoms with Gasteiger partial charge in [-0.25, -0.2) is 4.39 Å². The maximum Gasteiger partial charge on any atom is 0.227 e. The summed E-state index contributed by atoms with van der Waals surface area (Å²) in [5, 5.41) is 0. The van der Waals surface area contributed by atoms with Gasteiger partial charge < -0.3 is 10.6 Å². The number of carbonyl (C=O) groups is 1. The molecule has 0 aromatic heterocycles. The van der Waals surface area contributed by atoms with E-state index >= 15 is 0 Å². The molecule has 2 N–H and O–H groups in total. The number of amides is 1. The van der Waals surface area contributed by atoms with Crippen LogP contribution in [0.15, 0.2) is 24.3 Å². The lowest BCUT2D eigenvalue weighted by atomic mass is 10.1. The number of hydrogen-bond acceptors (Lipinski definition) is 2. The molecule has 0 heterocycles. The van der Waals surface area contributed by atoms with Crippen LogP contribution in [0.1, 0.15) is 24.8 Å². The predicted octanol–water partition coefficient (Wildman–Crippen LogP) is 1.71. The van der Waals surface area contributed by atoms with Crippen molar-refractivity contribution >= 4 is 5.91 Å². The first-order valence-corrected chi connectivity index (χ1v) is 6.44. The van der Waals surface area contributed by atoms with E-state index in [-0.39, 0.29) is 18.1 Å². The molecule has 0 bridgehead atoms. The molecular formula is C14H19FN2O. The molecule has 4 heteroatoms. The minimum atomic E-state index is -0.291. The van der Waals surface area contributed by atoms with Crippen LogP contribution in [0.2, 0.25) is 0 Å². The van der Waals surface area contributed by atoms with E-state index in [1.165, 1.54) is 12.1 Å². The zero-order valence-corrected chi connectivity index (χ0v) is 10.4. The second-order valence-electron chi connectivity index (χ2n) is 4.77. The first-order chi connectivity index (χ1) is 8.70. The Bertz CT molecular complexity index is 418. The van der Waals surface area contributed by atoms with Gasteiger partial charge >= 0.3 is 0 Å². The molecule has 3 nitrogen and oxygen atoms in total. The summed E-state index contributed by atoms with van der Waals surface area (Å²) in [5.74, 6) is -0.211. The minimum Gasteiger partial charge on any atom is -0.339 e. The second-order valence-corrected chi connectivity index (χ2v) is 4.77. The monoisotopic (exact) mass is 250 g/mol. The summed E-state index contributed by atoms with van der Waals surface area (Å²) in [5.41, 5.74) is 6.22. The lowest BCUT2D eigenvalue weighted by Crippen LogP contribution is -2.36. The molecule has 98 valence electrons. The maximum atomic E-state index is 13.1. The Morgan fingerprint density at radius 1 is 1.44 bits per heavy atom. The van der Waals surface area contributed by atoms with Crippen molar-refractivity contribution in [2.75, 3.05) is 13.1 Å². The average Bonchev–Trinajstić information content (AvgIpc) is 3.14. The zero-order valence-electron chi connectivity index (χ0n) is 10.4. The smallest absolute Gasteiger partial charge is 0.227 e. The Balaban J connectivity index is 1.96. The van der Waals surface area contributed by atoms with Gasteiger partial charge in [0.25, 0.3) is 0 Å². The van der Waals surface area contributed by atoms with Gasteiger partial charge in [-0.1, -0.05) is 12.1 Å². The normalized spacial score (nSPS) is 14.6. The molecule has 1 fully saturated rings. The van der Waals surface area contributed by atoms with Crippen molar-refractivity contribution in [3.8, 4) is 0 Å². The molecule has 0 saturated heterocycles. The summed E-state index contributed by atoms with van der Waals surface area (Å²) in [4.78, 5) is 14.1. The van der Waals surface area contributed by atoms with E-state index in [2.05, 4.69) is 0 Å². The Morgan fingerprint density at radius 2 is 2.22 bits per heavy atom. The number of nitrogens with two attached hydrogens (primary N) is 1. The molecule has 1 aliphatic carbocycles. The van der Waals surface area contributed by atoms with E-state index in [0.29, 0.717) is 12.6 Å². The van der Waals surface area contributed by atoms with Crippen molar-refractivity contribution in [2.24, 2.45) is 5.73 Å². The fourth-order valence-electron chi connectivity index (χ4n) is 2.08. The first kappa shape index (κ1) is 13.0. The number of rotatable bonds is 6. The van der Waals surface area contributed by atoms with E-state index < -0.39 is 0 Å². The quantitative estimate of drug-likeness (QED) is 0.835. The molecule has 1 aromatic carbocycles. The van der Waals surface area contributed by atoms with Crippen LogP contribution in [-0.4, -0.2) is 29.9 Å². The van der Waals surface area contributed by atoms with E-state index in [1.54, 1.807) is 12.1 Å². The van der Waals surface area contributed by atoms with Gasteiger partial charge in [0.15, 0.2) is 0 Å². The van der Waals surface area contributed by atoms with Gasteiger partial charge in [0, 0.05) is 12.6 Å². The summed E-state index contributed by atoms with van der Waals surface area (Å²) in [6, 6.07) is 6.62. The third kappa shape index (κ3) is 3.53. The Kier molecular flexibility index (Phi) is 4.31. The summed E-state index contributed by atoms with van der Waals surface area (Å²) >= 11 is 0. The lowest BCUT2D eigenvalue weighted by molar-refractivity contribution is -0.131. The zero-order chi connectivity index (χ0) is 13.0. The lowest BCUT2D eigenvalue weighted by Gasteiger charge is -2.22. The van der Waals surface area contributed by atoms with Crippen LogP contribution in [-0.2, 0) is 11.2 Å². The standard InChI is InChI=1S/C14H19FN2O/c15-12-4-1-3-11(9-12)10-14(18)17(8-2-7-16)13-5-6-13/h1,3-4,9,13H,2,5-8,10,16H2. The van der Waals surface area contributed by atoms with E-state index in [0.717, 1.165) is 31.4 Å². The third-order valence-corrected chi connectivity index (χ3v) is 3.16. The van der Waals surface area contributed by atoms with Crippen molar-refractivity contribution in [3.05, 3.63) is 35.6 Å². The highest BCUT2D eigenvalue weighted by molar-refractivity contribution is 5.79. The second kappa shape index (κ2) is 5.96. The van der Waals surface area contributed by atoms with E-state index in [1.807, 2.05) is 4.90 Å². The van der Waals surface area contributed by atoms with Gasteiger partial charge in [-0.05, 0) is 43.5 Å². The third-order valence-electron chi connectivity index (χ3n) is 3.16. The summed E-state index contributed by atoms with van der Waals surface area (Å²) in [6.45, 7) is 1.31. The molecule has 1 aliphatic rings. The SMILES string of the molecule is NCCCN(C(=O)Cc1cccc(F)c1)C1CC1. The first-order valence-electron chi connectivity index (χ1n) is 6.44. The highest BCUT2D eigenvalue weighted by Gasteiger charge is 2.31. The summed E-state index contributed by atoms with van der Waals surface area (Å²) in [7, 11) is 0. The Morgan fingerprint density at radius 3 is 2.83 bits per heavy atom. The largest absolute Gasteiger partial charge is 0.339 e. The van der Waals surface area contributed by atoms with Gasteiger partial charge in [-0.3, -0.25) is 4.79 Å². The molecule has 1 aromatic rings. The van der Waals surface area contributed by atoms with Crippen LogP contribution < -0.4 is 5.73 Å². The van der Waals surface area contributed by atoms with Gasteiger partial charge in [-0.15, -0.1) is 0 Å². The van der Waals surface area contributed by atoms with Gasteiger partial charge in [0.1, 0.15) is 5.82 Å². The van der Waals surface area contributed by atoms with Crippen molar-refractivity contribution in [2.45, 2.75) is 31.7 Å². The van der Waals surface area contributed by atoms with Gasteiger partial charge in [0.05, 0.1) is 6.42 Å². The van der Waals surface area contributed by atoms with Crippen molar-refractivity contribution in [1.29, 1.82) is 0 Å². The van der Waals surface area contributed by atoms with Gasteiger partial charge in [-0.2, -0.15) is 0 Å². The van der Waals surface area contributed by atoms with Crippen LogP contribution in [0, 0.1) is 5.82 Å². The Hall–Kier alpha value is -1.42. The van der Waals surface area contributed by atoms with Crippen LogP contribution in [0.4, 0.5) is 4.39 Å². The van der Waals surface area contributed by atoms with Crippen molar-refractivity contribution < 1.29 is 9.18 Å². The highest BCUT2D eigenvalue weighted by atomic mass is 19.1. The molecule has 1 amide bonds. The summed E-state index contributed by atoms with van der Waals surface area (Å²) in [6.07, 6.45) is 3.27. The molecule has 0 spiro atoms. The van der Waals surface area contributed by atoms with Crippen LogP contribution >= 0.6 is 0 Å². The van der Waals surface area contributed by atoms with Crippen LogP contribution in [0.25, 0.3) is 0 Å². The number of benzene rings is 1. The van der Waals surface area contributed by atoms with E-state index in [9.17, 15) is 9.18 Å². The molecule has 2 rings (SSSR count). The van der Waals surface area contributed by atoms with Gasteiger partial charge in [0.2, 0.25) is 5.91 Å². The van der Waals surface area contributed by atoms with Crippen molar-refractivity contribution in [1.82, 2.24) is 4.90 Å². The molecule has 0 aliphatic heterocycles. The molecule has 18 heavy (non-hydrogen) atoms.